The van der Waals surface area contributed by atoms with Crippen LogP contribution in [0.5, 0.6) is 0 Å². The Balaban J connectivity index is 2.21. The summed E-state index contributed by atoms with van der Waals surface area (Å²) in [4.78, 5) is 2.13. The molecule has 0 bridgehead atoms. The molecule has 0 spiro atoms. The summed E-state index contributed by atoms with van der Waals surface area (Å²) in [7, 11) is -3.36. The lowest BCUT2D eigenvalue weighted by Gasteiger charge is -2.11. The molecule has 0 saturated heterocycles. The van der Waals surface area contributed by atoms with Gasteiger partial charge in [0.05, 0.1) is 4.90 Å². The summed E-state index contributed by atoms with van der Waals surface area (Å²) in [6.07, 6.45) is 4.13. The molecule has 1 aromatic rings. The molecular formula is C11H18N2O2S2. The van der Waals surface area contributed by atoms with Gasteiger partial charge in [-0.05, 0) is 25.8 Å². The lowest BCUT2D eigenvalue weighted by Crippen LogP contribution is -2.32. The molecule has 17 heavy (non-hydrogen) atoms. The van der Waals surface area contributed by atoms with Gasteiger partial charge in [0.25, 0.3) is 0 Å². The first kappa shape index (κ1) is 13.0. The molecule has 0 unspecified atom stereocenters. The Morgan fingerprint density at radius 1 is 1.47 bits per heavy atom. The van der Waals surface area contributed by atoms with Crippen LogP contribution in [0.25, 0.3) is 0 Å². The van der Waals surface area contributed by atoms with E-state index in [0.29, 0.717) is 11.4 Å². The summed E-state index contributed by atoms with van der Waals surface area (Å²) in [6, 6.07) is 1.80. The van der Waals surface area contributed by atoms with Crippen molar-refractivity contribution in [2.75, 3.05) is 0 Å². The first-order chi connectivity index (χ1) is 8.03. The summed E-state index contributed by atoms with van der Waals surface area (Å²) >= 11 is 1.45. The van der Waals surface area contributed by atoms with Gasteiger partial charge in [0.1, 0.15) is 0 Å². The van der Waals surface area contributed by atoms with Gasteiger partial charge in [-0.1, -0.05) is 12.8 Å². The first-order valence-corrected chi connectivity index (χ1v) is 8.14. The molecule has 0 aliphatic heterocycles. The summed E-state index contributed by atoms with van der Waals surface area (Å²) in [5, 5.41) is 0. The van der Waals surface area contributed by atoms with E-state index in [1.54, 1.807) is 6.07 Å². The fourth-order valence-electron chi connectivity index (χ4n) is 2.22. The van der Waals surface area contributed by atoms with Crippen molar-refractivity contribution in [1.82, 2.24) is 4.72 Å². The minimum atomic E-state index is -3.36. The number of nitrogens with two attached hydrogens (primary N) is 1. The highest BCUT2D eigenvalue weighted by Crippen LogP contribution is 2.27. The Morgan fingerprint density at radius 3 is 2.65 bits per heavy atom. The number of aryl methyl sites for hydroxylation is 1. The Labute approximate surface area is 106 Å². The largest absolute Gasteiger partial charge is 0.326 e. The molecule has 0 amide bonds. The smallest absolute Gasteiger partial charge is 0.241 e. The summed E-state index contributed by atoms with van der Waals surface area (Å²) in [5.41, 5.74) is 5.53. The maximum atomic E-state index is 12.2. The predicted molar refractivity (Wildman–Crippen MR) is 69.5 cm³/mol. The number of rotatable bonds is 4. The molecule has 1 fully saturated rings. The van der Waals surface area contributed by atoms with Crippen molar-refractivity contribution in [1.29, 1.82) is 0 Å². The number of sulfonamides is 1. The minimum Gasteiger partial charge on any atom is -0.326 e. The number of nitrogens with one attached hydrogen (secondary N) is 1. The molecule has 1 saturated carbocycles. The molecule has 0 atom stereocenters. The highest BCUT2D eigenvalue weighted by atomic mass is 32.2. The van der Waals surface area contributed by atoms with Gasteiger partial charge < -0.3 is 5.73 Å². The second kappa shape index (κ2) is 5.06. The molecule has 2 rings (SSSR count). The van der Waals surface area contributed by atoms with Gasteiger partial charge in [-0.2, -0.15) is 0 Å². The second-order valence-corrected chi connectivity index (χ2v) is 7.46. The third kappa shape index (κ3) is 2.88. The normalized spacial score (nSPS) is 17.8. The number of hydrogen-bond donors (Lipinski definition) is 2. The van der Waals surface area contributed by atoms with E-state index in [0.717, 1.165) is 35.4 Å². The molecule has 1 heterocycles. The zero-order valence-corrected chi connectivity index (χ0v) is 11.5. The van der Waals surface area contributed by atoms with Gasteiger partial charge in [0.2, 0.25) is 10.0 Å². The first-order valence-electron chi connectivity index (χ1n) is 5.84. The molecule has 0 aromatic carbocycles. The molecule has 6 heteroatoms. The van der Waals surface area contributed by atoms with E-state index < -0.39 is 10.0 Å². The maximum Gasteiger partial charge on any atom is 0.241 e. The number of hydrogen-bond acceptors (Lipinski definition) is 4. The van der Waals surface area contributed by atoms with E-state index >= 15 is 0 Å². The van der Waals surface area contributed by atoms with Crippen LogP contribution in [-0.4, -0.2) is 14.5 Å². The molecule has 3 N–H and O–H groups in total. The van der Waals surface area contributed by atoms with Crippen LogP contribution in [0.2, 0.25) is 0 Å². The fraction of sp³-hybridized carbons (Fsp3) is 0.636. The van der Waals surface area contributed by atoms with Gasteiger partial charge in [0, 0.05) is 22.3 Å². The van der Waals surface area contributed by atoms with E-state index in [4.69, 9.17) is 5.73 Å². The zero-order chi connectivity index (χ0) is 12.5. The third-order valence-corrected chi connectivity index (χ3v) is 5.94. The van der Waals surface area contributed by atoms with Crippen LogP contribution in [-0.2, 0) is 16.6 Å². The van der Waals surface area contributed by atoms with Crippen LogP contribution < -0.4 is 10.5 Å². The standard InChI is InChI=1S/C11H18N2O2S2/c1-8-11(6-10(7-12)16-8)17(14,15)13-9-4-2-3-5-9/h6,9,13H,2-5,7,12H2,1H3. The SMILES string of the molecule is Cc1sc(CN)cc1S(=O)(=O)NC1CCCC1. The summed E-state index contributed by atoms with van der Waals surface area (Å²) in [6.45, 7) is 2.22. The molecule has 96 valence electrons. The summed E-state index contributed by atoms with van der Waals surface area (Å²) < 4.78 is 27.2. The van der Waals surface area contributed by atoms with Gasteiger partial charge in [0.15, 0.2) is 0 Å². The highest BCUT2D eigenvalue weighted by Gasteiger charge is 2.25. The van der Waals surface area contributed by atoms with E-state index in [1.807, 2.05) is 6.92 Å². The molecule has 4 nitrogen and oxygen atoms in total. The van der Waals surface area contributed by atoms with Crippen molar-refractivity contribution in [3.05, 3.63) is 15.8 Å². The van der Waals surface area contributed by atoms with Crippen LogP contribution in [0.4, 0.5) is 0 Å². The lowest BCUT2D eigenvalue weighted by molar-refractivity contribution is 0.552. The Morgan fingerprint density at radius 2 is 2.12 bits per heavy atom. The van der Waals surface area contributed by atoms with Crippen LogP contribution in [0.3, 0.4) is 0 Å². The molecule has 1 aromatic heterocycles. The van der Waals surface area contributed by atoms with Crippen molar-refractivity contribution < 1.29 is 8.42 Å². The van der Waals surface area contributed by atoms with E-state index in [9.17, 15) is 8.42 Å². The highest BCUT2D eigenvalue weighted by molar-refractivity contribution is 7.89. The average molecular weight is 274 g/mol. The van der Waals surface area contributed by atoms with Crippen molar-refractivity contribution in [2.45, 2.75) is 50.1 Å². The fourth-order valence-corrected chi connectivity index (χ4v) is 5.04. The quantitative estimate of drug-likeness (QED) is 0.878. The molecule has 1 aliphatic rings. The summed E-state index contributed by atoms with van der Waals surface area (Å²) in [5.74, 6) is 0. The van der Waals surface area contributed by atoms with Crippen molar-refractivity contribution in [3.8, 4) is 0 Å². The predicted octanol–water partition coefficient (Wildman–Crippen LogP) is 1.74. The molecule has 0 radical (unpaired) electrons. The van der Waals surface area contributed by atoms with Gasteiger partial charge in [-0.3, -0.25) is 0 Å². The topological polar surface area (TPSA) is 72.2 Å². The van der Waals surface area contributed by atoms with Crippen LogP contribution in [0.15, 0.2) is 11.0 Å². The van der Waals surface area contributed by atoms with Crippen molar-refractivity contribution >= 4 is 21.4 Å². The van der Waals surface area contributed by atoms with Crippen molar-refractivity contribution in [3.63, 3.8) is 0 Å². The van der Waals surface area contributed by atoms with E-state index in [2.05, 4.69) is 4.72 Å². The van der Waals surface area contributed by atoms with Gasteiger partial charge in [-0.25, -0.2) is 13.1 Å². The third-order valence-electron chi connectivity index (χ3n) is 3.09. The van der Waals surface area contributed by atoms with E-state index in [-0.39, 0.29) is 6.04 Å². The van der Waals surface area contributed by atoms with Gasteiger partial charge >= 0.3 is 0 Å². The zero-order valence-electron chi connectivity index (χ0n) is 9.90. The molecule has 1 aliphatic carbocycles. The van der Waals surface area contributed by atoms with E-state index in [1.165, 1.54) is 11.3 Å². The minimum absolute atomic E-state index is 0.112. The maximum absolute atomic E-state index is 12.2. The average Bonchev–Trinajstić information content (AvgIpc) is 2.86. The number of thiophene rings is 1. The van der Waals surface area contributed by atoms with Gasteiger partial charge in [-0.15, -0.1) is 11.3 Å². The Bertz CT molecular complexity index is 488. The monoisotopic (exact) mass is 274 g/mol. The molecular weight excluding hydrogens is 256 g/mol. The Kier molecular flexibility index (Phi) is 3.87. The Hall–Kier alpha value is -0.430. The van der Waals surface area contributed by atoms with Crippen LogP contribution in [0, 0.1) is 6.92 Å². The van der Waals surface area contributed by atoms with Crippen molar-refractivity contribution in [2.24, 2.45) is 5.73 Å². The second-order valence-electron chi connectivity index (χ2n) is 4.44. The lowest BCUT2D eigenvalue weighted by atomic mass is 10.3. The van der Waals surface area contributed by atoms with Crippen LogP contribution >= 0.6 is 11.3 Å². The van der Waals surface area contributed by atoms with Crippen LogP contribution in [0.1, 0.15) is 35.4 Å².